The molecule has 1 aromatic rings. The molecule has 7 nitrogen and oxygen atoms in total. The summed E-state index contributed by atoms with van der Waals surface area (Å²) in [7, 11) is 2.15. The molecule has 0 radical (unpaired) electrons. The third-order valence-corrected chi connectivity index (χ3v) is 10.0. The quantitative estimate of drug-likeness (QED) is 0.279. The number of allylic oxidation sites excluding steroid dienone is 8. The van der Waals surface area contributed by atoms with Crippen LogP contribution in [-0.4, -0.2) is 78.1 Å². The first kappa shape index (κ1) is 29.8. The second-order valence-corrected chi connectivity index (χ2v) is 12.8. The molecule has 8 heteroatoms. The van der Waals surface area contributed by atoms with Crippen molar-refractivity contribution in [1.82, 2.24) is 19.8 Å². The number of fused-ring (bicyclic) bond motifs is 1. The number of piperazine rings is 1. The Kier molecular flexibility index (Phi) is 9.12. The molecule has 230 valence electrons. The highest BCUT2D eigenvalue weighted by atomic mass is 19.1. The van der Waals surface area contributed by atoms with E-state index in [2.05, 4.69) is 54.7 Å². The zero-order valence-corrected chi connectivity index (χ0v) is 25.9. The van der Waals surface area contributed by atoms with Gasteiger partial charge in [0.05, 0.1) is 5.69 Å². The number of aromatic nitrogens is 2. The monoisotopic (exact) mass is 587 g/mol. The number of amides is 1. The maximum atomic E-state index is 13.5. The van der Waals surface area contributed by atoms with E-state index in [1.54, 1.807) is 11.1 Å². The van der Waals surface area contributed by atoms with Crippen LogP contribution < -0.4 is 9.64 Å². The van der Waals surface area contributed by atoms with Gasteiger partial charge in [0, 0.05) is 44.2 Å². The number of halogens is 1. The lowest BCUT2D eigenvalue weighted by molar-refractivity contribution is -0.128. The summed E-state index contributed by atoms with van der Waals surface area (Å²) in [6, 6.07) is 0.814. The van der Waals surface area contributed by atoms with Crippen molar-refractivity contribution in [3.8, 4) is 6.01 Å². The van der Waals surface area contributed by atoms with Crippen molar-refractivity contribution in [2.24, 2.45) is 5.92 Å². The summed E-state index contributed by atoms with van der Waals surface area (Å²) in [5.74, 6) is 0.0182. The fourth-order valence-corrected chi connectivity index (χ4v) is 7.57. The van der Waals surface area contributed by atoms with E-state index in [0.29, 0.717) is 50.8 Å². The number of ether oxygens (including phenoxy) is 1. The zero-order valence-electron chi connectivity index (χ0n) is 25.9. The Hall–Kier alpha value is -3.26. The topological polar surface area (TPSA) is 61.8 Å². The summed E-state index contributed by atoms with van der Waals surface area (Å²) in [5, 5.41) is 0. The van der Waals surface area contributed by atoms with E-state index in [1.807, 2.05) is 0 Å². The Bertz CT molecular complexity index is 1370. The molecule has 2 atom stereocenters. The Morgan fingerprint density at radius 2 is 1.95 bits per heavy atom. The molecule has 3 aliphatic carbocycles. The van der Waals surface area contributed by atoms with Gasteiger partial charge in [0.2, 0.25) is 0 Å². The fourth-order valence-electron chi connectivity index (χ4n) is 7.57. The number of nitrogens with zero attached hydrogens (tertiary/aromatic N) is 5. The van der Waals surface area contributed by atoms with Gasteiger partial charge in [0.25, 0.3) is 5.91 Å². The molecule has 0 spiro atoms. The van der Waals surface area contributed by atoms with E-state index in [1.165, 1.54) is 48.2 Å². The highest BCUT2D eigenvalue weighted by Gasteiger charge is 2.30. The van der Waals surface area contributed by atoms with Gasteiger partial charge in [-0.25, -0.2) is 4.39 Å². The standard InChI is InChI=1S/C35H46FN5O2/c1-4-26-11-7-12-27-9-5-6-10-28(32(26)27)21-25-14-15-30-31(22-25)37-35(43-23-29-13-8-16-39(29)3)38-33(30)40-17-19-41(20-18-40)34(42)24(2)36/h5,9-10,14,26,29H,2,4,6-8,11-13,15-23H2,1,3H3/t26?,29-/m0/s1. The van der Waals surface area contributed by atoms with Crippen molar-refractivity contribution in [1.29, 1.82) is 0 Å². The van der Waals surface area contributed by atoms with E-state index in [4.69, 9.17) is 14.7 Å². The van der Waals surface area contributed by atoms with Gasteiger partial charge in [-0.05, 0) is 94.0 Å². The predicted octanol–water partition coefficient (Wildman–Crippen LogP) is 5.89. The molecule has 0 saturated carbocycles. The average Bonchev–Trinajstić information content (AvgIpc) is 3.33. The molecule has 2 saturated heterocycles. The van der Waals surface area contributed by atoms with Crippen molar-refractivity contribution >= 4 is 11.7 Å². The largest absolute Gasteiger partial charge is 0.462 e. The van der Waals surface area contributed by atoms with Gasteiger partial charge in [-0.2, -0.15) is 9.97 Å². The Morgan fingerprint density at radius 3 is 2.70 bits per heavy atom. The second-order valence-electron chi connectivity index (χ2n) is 12.8. The molecule has 0 N–H and O–H groups in total. The van der Waals surface area contributed by atoms with Crippen LogP contribution in [0.15, 0.2) is 59.0 Å². The third-order valence-electron chi connectivity index (χ3n) is 10.0. The molecule has 1 aromatic heterocycles. The molecule has 1 amide bonds. The molecular formula is C35H46FN5O2. The summed E-state index contributed by atoms with van der Waals surface area (Å²) >= 11 is 0. The van der Waals surface area contributed by atoms with E-state index in [-0.39, 0.29) is 0 Å². The SMILES string of the molecule is C=C(F)C(=O)N1CCN(c2nc(OC[C@@H]3CCCN3C)nc3c2CC=C(CC2=CCC=CC4=C2C(CC)CCC4)C3)CC1. The number of carbonyl (C=O) groups is 1. The predicted molar refractivity (Wildman–Crippen MR) is 169 cm³/mol. The number of carbonyl (C=O) groups excluding carboxylic acids is 1. The van der Waals surface area contributed by atoms with Crippen LogP contribution in [0.2, 0.25) is 0 Å². The number of hydrogen-bond donors (Lipinski definition) is 0. The summed E-state index contributed by atoms with van der Waals surface area (Å²) in [6.07, 6.45) is 20.3. The number of likely N-dealkylation sites (N-methyl/N-ethyl adjacent to an activating group) is 1. The zero-order chi connectivity index (χ0) is 29.9. The minimum Gasteiger partial charge on any atom is -0.462 e. The van der Waals surface area contributed by atoms with Crippen LogP contribution in [0.1, 0.15) is 69.5 Å². The molecule has 3 heterocycles. The molecule has 6 rings (SSSR count). The smallest absolute Gasteiger partial charge is 0.318 e. The highest BCUT2D eigenvalue weighted by molar-refractivity contribution is 5.90. The van der Waals surface area contributed by atoms with Gasteiger partial charge in [0.1, 0.15) is 12.4 Å². The Morgan fingerprint density at radius 1 is 1.12 bits per heavy atom. The summed E-state index contributed by atoms with van der Waals surface area (Å²) in [6.45, 7) is 9.22. The van der Waals surface area contributed by atoms with Crippen molar-refractivity contribution < 1.29 is 13.9 Å². The Labute approximate surface area is 255 Å². The number of likely N-dealkylation sites (tertiary alicyclic amines) is 1. The third kappa shape index (κ3) is 6.49. The summed E-state index contributed by atoms with van der Waals surface area (Å²) in [5.41, 5.74) is 8.26. The summed E-state index contributed by atoms with van der Waals surface area (Å²) in [4.78, 5) is 28.2. The van der Waals surface area contributed by atoms with E-state index >= 15 is 0 Å². The van der Waals surface area contributed by atoms with Gasteiger partial charge in [0.15, 0.2) is 5.83 Å². The van der Waals surface area contributed by atoms with Crippen LogP contribution in [0, 0.1) is 5.92 Å². The van der Waals surface area contributed by atoms with E-state index in [0.717, 1.165) is 55.7 Å². The number of anilines is 1. The number of rotatable bonds is 8. The van der Waals surface area contributed by atoms with Crippen LogP contribution in [0.4, 0.5) is 10.2 Å². The van der Waals surface area contributed by atoms with Gasteiger partial charge in [-0.1, -0.05) is 43.4 Å². The minimum absolute atomic E-state index is 0.377. The van der Waals surface area contributed by atoms with Crippen molar-refractivity contribution in [2.45, 2.75) is 77.2 Å². The maximum absolute atomic E-state index is 13.5. The van der Waals surface area contributed by atoms with Crippen LogP contribution in [0.3, 0.4) is 0 Å². The lowest BCUT2D eigenvalue weighted by Gasteiger charge is -2.36. The van der Waals surface area contributed by atoms with Crippen LogP contribution >= 0.6 is 0 Å². The maximum Gasteiger partial charge on any atom is 0.318 e. The molecule has 2 fully saturated rings. The molecule has 0 aromatic carbocycles. The fraction of sp³-hybridized carbons (Fsp3) is 0.571. The molecule has 5 aliphatic rings. The van der Waals surface area contributed by atoms with Crippen LogP contribution in [0.25, 0.3) is 0 Å². The highest BCUT2D eigenvalue weighted by Crippen LogP contribution is 2.42. The molecule has 1 unspecified atom stereocenters. The van der Waals surface area contributed by atoms with Gasteiger partial charge in [-0.3, -0.25) is 4.79 Å². The normalized spacial score (nSPS) is 24.3. The van der Waals surface area contributed by atoms with Crippen molar-refractivity contribution in [2.75, 3.05) is 51.3 Å². The van der Waals surface area contributed by atoms with Crippen molar-refractivity contribution in [3.63, 3.8) is 0 Å². The van der Waals surface area contributed by atoms with Crippen LogP contribution in [-0.2, 0) is 17.6 Å². The minimum atomic E-state index is -0.904. The van der Waals surface area contributed by atoms with Gasteiger partial charge >= 0.3 is 6.01 Å². The lowest BCUT2D eigenvalue weighted by atomic mass is 9.76. The molecular weight excluding hydrogens is 541 g/mol. The first-order valence-corrected chi connectivity index (χ1v) is 16.3. The molecule has 2 aliphatic heterocycles. The van der Waals surface area contributed by atoms with Crippen molar-refractivity contribution in [3.05, 3.63) is 70.3 Å². The Balaban J connectivity index is 1.24. The molecule has 43 heavy (non-hydrogen) atoms. The first-order chi connectivity index (χ1) is 20.9. The average molecular weight is 588 g/mol. The van der Waals surface area contributed by atoms with Gasteiger partial charge < -0.3 is 19.4 Å². The van der Waals surface area contributed by atoms with Gasteiger partial charge in [-0.15, -0.1) is 0 Å². The lowest BCUT2D eigenvalue weighted by Crippen LogP contribution is -2.49. The molecule has 0 bridgehead atoms. The van der Waals surface area contributed by atoms with E-state index in [9.17, 15) is 9.18 Å². The summed E-state index contributed by atoms with van der Waals surface area (Å²) < 4.78 is 19.8. The van der Waals surface area contributed by atoms with Crippen LogP contribution in [0.5, 0.6) is 6.01 Å². The second kappa shape index (κ2) is 13.2. The van der Waals surface area contributed by atoms with E-state index < -0.39 is 11.7 Å². The first-order valence-electron chi connectivity index (χ1n) is 16.3. The number of hydrogen-bond acceptors (Lipinski definition) is 6.